The minimum atomic E-state index is -0.602. The van der Waals surface area contributed by atoms with Gasteiger partial charge in [0, 0.05) is 13.1 Å². The number of thioether (sulfide) groups is 1. The van der Waals surface area contributed by atoms with Gasteiger partial charge < -0.3 is 15.1 Å². The summed E-state index contributed by atoms with van der Waals surface area (Å²) in [6, 6.07) is 10.8. The Balaban J connectivity index is 2.01. The van der Waals surface area contributed by atoms with E-state index in [4.69, 9.17) is 4.42 Å². The van der Waals surface area contributed by atoms with Crippen molar-refractivity contribution >= 4 is 23.6 Å². The molecule has 2 aromatic rings. The monoisotopic (exact) mass is 417 g/mol. The van der Waals surface area contributed by atoms with E-state index < -0.39 is 6.04 Å². The Morgan fingerprint density at radius 2 is 1.83 bits per heavy atom. The van der Waals surface area contributed by atoms with Gasteiger partial charge in [-0.25, -0.2) is 0 Å². The molecule has 0 aliphatic heterocycles. The van der Waals surface area contributed by atoms with E-state index in [1.54, 1.807) is 23.9 Å². The Labute approximate surface area is 177 Å². The Morgan fingerprint density at radius 3 is 2.45 bits per heavy atom. The van der Waals surface area contributed by atoms with E-state index in [0.717, 1.165) is 31.0 Å². The molecule has 0 aliphatic rings. The van der Waals surface area contributed by atoms with Gasteiger partial charge in [-0.05, 0) is 54.8 Å². The van der Waals surface area contributed by atoms with Crippen LogP contribution in [0.2, 0.25) is 0 Å². The summed E-state index contributed by atoms with van der Waals surface area (Å²) in [5, 5.41) is 5.79. The van der Waals surface area contributed by atoms with Crippen LogP contribution in [0.5, 0.6) is 0 Å². The molecule has 1 atom stereocenters. The van der Waals surface area contributed by atoms with E-state index in [9.17, 15) is 9.59 Å². The SMILES string of the molecule is CCN(CC)Cc1ccccc1CNC(=O)C(CCSC)NC(=O)c1ccco1. The van der Waals surface area contributed by atoms with Crippen molar-refractivity contribution in [3.05, 3.63) is 59.5 Å². The molecule has 29 heavy (non-hydrogen) atoms. The van der Waals surface area contributed by atoms with Crippen molar-refractivity contribution in [3.63, 3.8) is 0 Å². The van der Waals surface area contributed by atoms with Crippen molar-refractivity contribution < 1.29 is 14.0 Å². The van der Waals surface area contributed by atoms with E-state index in [-0.39, 0.29) is 17.6 Å². The molecule has 0 radical (unpaired) electrons. The van der Waals surface area contributed by atoms with E-state index in [1.807, 2.05) is 24.5 Å². The van der Waals surface area contributed by atoms with Gasteiger partial charge in [0.25, 0.3) is 5.91 Å². The average molecular weight is 418 g/mol. The van der Waals surface area contributed by atoms with Crippen molar-refractivity contribution in [2.75, 3.05) is 25.1 Å². The topological polar surface area (TPSA) is 74.6 Å². The van der Waals surface area contributed by atoms with Crippen LogP contribution in [0.1, 0.15) is 41.9 Å². The number of amides is 2. The highest BCUT2D eigenvalue weighted by atomic mass is 32.2. The molecule has 0 saturated heterocycles. The summed E-state index contributed by atoms with van der Waals surface area (Å²) >= 11 is 1.64. The summed E-state index contributed by atoms with van der Waals surface area (Å²) in [5.41, 5.74) is 2.30. The van der Waals surface area contributed by atoms with Crippen LogP contribution in [0.25, 0.3) is 0 Å². The van der Waals surface area contributed by atoms with Gasteiger partial charge in [0.1, 0.15) is 6.04 Å². The molecule has 6 nitrogen and oxygen atoms in total. The third kappa shape index (κ3) is 7.25. The van der Waals surface area contributed by atoms with E-state index in [1.165, 1.54) is 11.8 Å². The first-order chi connectivity index (χ1) is 14.1. The third-order valence-electron chi connectivity index (χ3n) is 4.84. The molecule has 1 heterocycles. The largest absolute Gasteiger partial charge is 0.459 e. The maximum Gasteiger partial charge on any atom is 0.287 e. The molecule has 1 aromatic carbocycles. The second-order valence-corrected chi connectivity index (χ2v) is 7.72. The summed E-state index contributed by atoms with van der Waals surface area (Å²) < 4.78 is 5.13. The average Bonchev–Trinajstić information content (AvgIpc) is 3.28. The predicted molar refractivity (Wildman–Crippen MR) is 118 cm³/mol. The van der Waals surface area contributed by atoms with Crippen LogP contribution in [-0.2, 0) is 17.9 Å². The number of nitrogens with one attached hydrogen (secondary N) is 2. The van der Waals surface area contributed by atoms with Crippen molar-refractivity contribution in [1.82, 2.24) is 15.5 Å². The predicted octanol–water partition coefficient (Wildman–Crippen LogP) is 3.29. The van der Waals surface area contributed by atoms with Gasteiger partial charge in [0.15, 0.2) is 5.76 Å². The number of rotatable bonds is 12. The number of benzene rings is 1. The maximum atomic E-state index is 12.8. The lowest BCUT2D eigenvalue weighted by Crippen LogP contribution is -2.46. The van der Waals surface area contributed by atoms with Gasteiger partial charge in [0.05, 0.1) is 6.26 Å². The highest BCUT2D eigenvalue weighted by Gasteiger charge is 2.22. The molecule has 0 fully saturated rings. The Kier molecular flexibility index (Phi) is 9.80. The van der Waals surface area contributed by atoms with Crippen LogP contribution in [0, 0.1) is 0 Å². The lowest BCUT2D eigenvalue weighted by molar-refractivity contribution is -0.123. The third-order valence-corrected chi connectivity index (χ3v) is 5.48. The fourth-order valence-electron chi connectivity index (χ4n) is 3.02. The zero-order valence-electron chi connectivity index (χ0n) is 17.4. The molecule has 1 unspecified atom stereocenters. The van der Waals surface area contributed by atoms with Crippen molar-refractivity contribution in [1.29, 1.82) is 0 Å². The lowest BCUT2D eigenvalue weighted by Gasteiger charge is -2.21. The van der Waals surface area contributed by atoms with Crippen LogP contribution in [0.4, 0.5) is 0 Å². The van der Waals surface area contributed by atoms with Crippen molar-refractivity contribution in [3.8, 4) is 0 Å². The van der Waals surface area contributed by atoms with E-state index in [2.05, 4.69) is 35.4 Å². The van der Waals surface area contributed by atoms with Crippen LogP contribution in [-0.4, -0.2) is 47.9 Å². The van der Waals surface area contributed by atoms with Gasteiger partial charge in [-0.2, -0.15) is 11.8 Å². The molecule has 7 heteroatoms. The summed E-state index contributed by atoms with van der Waals surface area (Å²) in [4.78, 5) is 27.4. The Hall–Kier alpha value is -2.25. The Morgan fingerprint density at radius 1 is 1.10 bits per heavy atom. The highest BCUT2D eigenvalue weighted by molar-refractivity contribution is 7.98. The van der Waals surface area contributed by atoms with E-state index >= 15 is 0 Å². The summed E-state index contributed by atoms with van der Waals surface area (Å²) in [7, 11) is 0. The molecule has 0 spiro atoms. The molecule has 2 N–H and O–H groups in total. The second-order valence-electron chi connectivity index (χ2n) is 6.73. The lowest BCUT2D eigenvalue weighted by atomic mass is 10.1. The second kappa shape index (κ2) is 12.3. The minimum absolute atomic E-state index is 0.184. The van der Waals surface area contributed by atoms with Crippen LogP contribution in [0.15, 0.2) is 47.1 Å². The van der Waals surface area contributed by atoms with Gasteiger partial charge in [-0.15, -0.1) is 0 Å². The normalized spacial score (nSPS) is 12.0. The molecule has 2 amide bonds. The number of carbonyl (C=O) groups excluding carboxylic acids is 2. The fraction of sp³-hybridized carbons (Fsp3) is 0.455. The van der Waals surface area contributed by atoms with Gasteiger partial charge in [-0.1, -0.05) is 38.1 Å². The van der Waals surface area contributed by atoms with Crippen molar-refractivity contribution in [2.45, 2.75) is 39.4 Å². The molecule has 0 aliphatic carbocycles. The maximum absolute atomic E-state index is 12.8. The minimum Gasteiger partial charge on any atom is -0.459 e. The molecule has 2 rings (SSSR count). The molecule has 0 bridgehead atoms. The number of carbonyl (C=O) groups is 2. The van der Waals surface area contributed by atoms with Gasteiger partial charge in [0.2, 0.25) is 5.91 Å². The fourth-order valence-corrected chi connectivity index (χ4v) is 3.49. The summed E-state index contributed by atoms with van der Waals surface area (Å²) in [6.45, 7) is 7.53. The first kappa shape index (κ1) is 23.0. The van der Waals surface area contributed by atoms with Gasteiger partial charge >= 0.3 is 0 Å². The van der Waals surface area contributed by atoms with Crippen LogP contribution < -0.4 is 10.6 Å². The molecular weight excluding hydrogens is 386 g/mol. The molecular formula is C22H31N3O3S. The van der Waals surface area contributed by atoms with Crippen molar-refractivity contribution in [2.24, 2.45) is 0 Å². The van der Waals surface area contributed by atoms with Crippen LogP contribution in [0.3, 0.4) is 0 Å². The number of hydrogen-bond acceptors (Lipinski definition) is 5. The standard InChI is InChI=1S/C22H31N3O3S/c1-4-25(5-2)16-18-10-7-6-9-17(18)15-23-21(26)19(12-14-29-3)24-22(27)20-11-8-13-28-20/h6-11,13,19H,4-5,12,14-16H2,1-3H3,(H,23,26)(H,24,27). The smallest absolute Gasteiger partial charge is 0.287 e. The number of hydrogen-bond donors (Lipinski definition) is 2. The zero-order valence-corrected chi connectivity index (χ0v) is 18.3. The first-order valence-corrected chi connectivity index (χ1v) is 11.4. The quantitative estimate of drug-likeness (QED) is 0.554. The number of nitrogens with zero attached hydrogens (tertiary/aromatic N) is 1. The molecule has 158 valence electrons. The molecule has 1 aromatic heterocycles. The summed E-state index contributed by atoms with van der Waals surface area (Å²) in [5.74, 6) is 0.418. The highest BCUT2D eigenvalue weighted by Crippen LogP contribution is 2.12. The number of furan rings is 1. The van der Waals surface area contributed by atoms with E-state index in [0.29, 0.717) is 13.0 Å². The first-order valence-electron chi connectivity index (χ1n) is 9.99. The van der Waals surface area contributed by atoms with Gasteiger partial charge in [-0.3, -0.25) is 14.5 Å². The Bertz CT molecular complexity index is 760. The van der Waals surface area contributed by atoms with Crippen LogP contribution >= 0.6 is 11.8 Å². The summed E-state index contributed by atoms with van der Waals surface area (Å²) in [6.07, 6.45) is 3.98. The zero-order chi connectivity index (χ0) is 21.1. The molecule has 0 saturated carbocycles.